The lowest BCUT2D eigenvalue weighted by Crippen LogP contribution is -2.48. The topological polar surface area (TPSA) is 59.3 Å². The molecule has 0 spiro atoms. The number of phenolic OH excluding ortho intramolecular Hbond substituents is 1. The lowest BCUT2D eigenvalue weighted by molar-refractivity contribution is 0.0842. The molecule has 1 aromatic carbocycles. The van der Waals surface area contributed by atoms with Crippen molar-refractivity contribution in [2.24, 2.45) is 5.41 Å². The molecular weight excluding hydrogens is 250 g/mol. The second kappa shape index (κ2) is 5.82. The summed E-state index contributed by atoms with van der Waals surface area (Å²) >= 11 is 0. The van der Waals surface area contributed by atoms with E-state index in [0.29, 0.717) is 5.56 Å². The Morgan fingerprint density at radius 1 is 1.30 bits per heavy atom. The minimum absolute atomic E-state index is 0.0110. The van der Waals surface area contributed by atoms with Gasteiger partial charge >= 0.3 is 0 Å². The number of phenols is 1. The molecule has 0 radical (unpaired) electrons. The third-order valence-electron chi connectivity index (χ3n) is 3.79. The molecule has 0 amide bonds. The van der Waals surface area contributed by atoms with Gasteiger partial charge in [-0.15, -0.1) is 0 Å². The summed E-state index contributed by atoms with van der Waals surface area (Å²) in [5.41, 5.74) is 1.45. The van der Waals surface area contributed by atoms with Gasteiger partial charge in [0.2, 0.25) is 0 Å². The highest BCUT2D eigenvalue weighted by atomic mass is 16.3. The Hall–Kier alpha value is -1.57. The first-order valence-corrected chi connectivity index (χ1v) is 7.11. The highest BCUT2D eigenvalue weighted by Gasteiger charge is 2.34. The lowest BCUT2D eigenvalue weighted by Gasteiger charge is -2.42. The highest BCUT2D eigenvalue weighted by molar-refractivity contribution is 5.43. The Bertz CT molecular complexity index is 507. The van der Waals surface area contributed by atoms with Crippen LogP contribution in [0.25, 0.3) is 0 Å². The molecule has 1 aliphatic rings. The molecule has 1 fully saturated rings. The van der Waals surface area contributed by atoms with Crippen molar-refractivity contribution in [1.82, 2.24) is 10.2 Å². The van der Waals surface area contributed by atoms with Gasteiger partial charge in [0, 0.05) is 37.8 Å². The average Bonchev–Trinajstić information content (AvgIpc) is 2.41. The molecule has 20 heavy (non-hydrogen) atoms. The maximum absolute atomic E-state index is 10.2. The number of nitrogens with one attached hydrogen (secondary N) is 1. The van der Waals surface area contributed by atoms with Crippen LogP contribution in [0.4, 0.5) is 0 Å². The van der Waals surface area contributed by atoms with E-state index < -0.39 is 0 Å². The summed E-state index contributed by atoms with van der Waals surface area (Å²) in [6, 6.07) is 7.39. The average molecular weight is 273 g/mol. The summed E-state index contributed by atoms with van der Waals surface area (Å²) in [7, 11) is 0. The summed E-state index contributed by atoms with van der Waals surface area (Å²) in [6.45, 7) is 10.4. The van der Waals surface area contributed by atoms with Crippen LogP contribution >= 0.6 is 0 Å². The van der Waals surface area contributed by atoms with Gasteiger partial charge in [-0.05, 0) is 23.6 Å². The van der Waals surface area contributed by atoms with Gasteiger partial charge < -0.3 is 10.4 Å². The van der Waals surface area contributed by atoms with E-state index in [9.17, 15) is 5.11 Å². The number of hydrogen-bond acceptors (Lipinski definition) is 4. The van der Waals surface area contributed by atoms with Crippen molar-refractivity contribution in [3.05, 3.63) is 29.3 Å². The fourth-order valence-corrected chi connectivity index (χ4v) is 2.99. The van der Waals surface area contributed by atoms with Crippen LogP contribution in [0.1, 0.15) is 37.9 Å². The molecule has 2 rings (SSSR count). The van der Waals surface area contributed by atoms with Crippen molar-refractivity contribution in [2.45, 2.75) is 26.8 Å². The van der Waals surface area contributed by atoms with Gasteiger partial charge in [-0.3, -0.25) is 4.90 Å². The number of nitrogens with zero attached hydrogens (tertiary/aromatic N) is 2. The molecule has 4 nitrogen and oxygen atoms in total. The van der Waals surface area contributed by atoms with Gasteiger partial charge in [-0.2, -0.15) is 5.26 Å². The van der Waals surface area contributed by atoms with Crippen molar-refractivity contribution in [3.63, 3.8) is 0 Å². The maximum atomic E-state index is 10.2. The van der Waals surface area contributed by atoms with E-state index in [1.165, 1.54) is 0 Å². The van der Waals surface area contributed by atoms with Crippen molar-refractivity contribution in [3.8, 4) is 11.8 Å². The minimum atomic E-state index is -0.0110. The zero-order valence-corrected chi connectivity index (χ0v) is 12.5. The summed E-state index contributed by atoms with van der Waals surface area (Å²) in [5.74, 6) is 0.280. The molecule has 0 aromatic heterocycles. The van der Waals surface area contributed by atoms with Gasteiger partial charge in [-0.1, -0.05) is 20.8 Å². The Morgan fingerprint density at radius 3 is 2.50 bits per heavy atom. The van der Waals surface area contributed by atoms with Gasteiger partial charge in [0.15, 0.2) is 0 Å². The number of rotatable bonds is 2. The van der Waals surface area contributed by atoms with E-state index in [4.69, 9.17) is 5.26 Å². The predicted molar refractivity (Wildman–Crippen MR) is 79.5 cm³/mol. The van der Waals surface area contributed by atoms with Crippen molar-refractivity contribution in [1.29, 1.82) is 5.26 Å². The molecule has 1 heterocycles. The minimum Gasteiger partial charge on any atom is -0.508 e. The van der Waals surface area contributed by atoms with E-state index in [0.717, 1.165) is 31.7 Å². The normalized spacial score (nSPS) is 18.5. The Labute approximate surface area is 121 Å². The van der Waals surface area contributed by atoms with E-state index in [1.807, 2.05) is 6.07 Å². The molecule has 108 valence electrons. The Kier molecular flexibility index (Phi) is 4.32. The third kappa shape index (κ3) is 3.12. The molecule has 1 atom stereocenters. The molecular formula is C16H23N3O. The fraction of sp³-hybridized carbons (Fsp3) is 0.562. The summed E-state index contributed by atoms with van der Waals surface area (Å²) in [5, 5.41) is 22.7. The number of nitriles is 1. The first-order chi connectivity index (χ1) is 9.43. The summed E-state index contributed by atoms with van der Waals surface area (Å²) < 4.78 is 0. The van der Waals surface area contributed by atoms with Gasteiger partial charge in [0.05, 0.1) is 11.6 Å². The predicted octanol–water partition coefficient (Wildman–Crippen LogP) is 2.26. The van der Waals surface area contributed by atoms with Crippen LogP contribution in [-0.4, -0.2) is 36.2 Å². The van der Waals surface area contributed by atoms with Crippen LogP contribution in [0.3, 0.4) is 0 Å². The van der Waals surface area contributed by atoms with Crippen LogP contribution in [0.5, 0.6) is 5.75 Å². The van der Waals surface area contributed by atoms with E-state index >= 15 is 0 Å². The fourth-order valence-electron chi connectivity index (χ4n) is 2.99. The van der Waals surface area contributed by atoms with Gasteiger partial charge in [-0.25, -0.2) is 0 Å². The number of hydrogen-bond donors (Lipinski definition) is 2. The molecule has 1 aromatic rings. The van der Waals surface area contributed by atoms with Gasteiger partial charge in [0.25, 0.3) is 0 Å². The van der Waals surface area contributed by atoms with Gasteiger partial charge in [0.1, 0.15) is 5.75 Å². The molecule has 0 bridgehead atoms. The molecule has 0 saturated carbocycles. The molecule has 1 saturated heterocycles. The van der Waals surface area contributed by atoms with Crippen LogP contribution in [0.15, 0.2) is 18.2 Å². The standard InChI is InChI=1S/C16H23N3O/c1-16(2,3)15(19-8-6-18-7-9-19)13-10-12(11-17)4-5-14(13)20/h4-5,10,15,18,20H,6-9H2,1-3H3/t15-/m1/s1. The van der Waals surface area contributed by atoms with Crippen LogP contribution in [0, 0.1) is 16.7 Å². The van der Waals surface area contributed by atoms with E-state index in [-0.39, 0.29) is 17.2 Å². The zero-order valence-electron chi connectivity index (χ0n) is 12.5. The second-order valence-electron chi connectivity index (χ2n) is 6.44. The maximum Gasteiger partial charge on any atom is 0.120 e. The second-order valence-corrected chi connectivity index (χ2v) is 6.44. The summed E-state index contributed by atoms with van der Waals surface area (Å²) in [6.07, 6.45) is 0. The number of aromatic hydroxyl groups is 1. The molecule has 2 N–H and O–H groups in total. The van der Waals surface area contributed by atoms with E-state index in [2.05, 4.69) is 37.1 Å². The van der Waals surface area contributed by atoms with E-state index in [1.54, 1.807) is 12.1 Å². The third-order valence-corrected chi connectivity index (χ3v) is 3.79. The lowest BCUT2D eigenvalue weighted by atomic mass is 9.80. The Morgan fingerprint density at radius 2 is 1.95 bits per heavy atom. The smallest absolute Gasteiger partial charge is 0.120 e. The monoisotopic (exact) mass is 273 g/mol. The van der Waals surface area contributed by atoms with Crippen molar-refractivity contribution < 1.29 is 5.11 Å². The first-order valence-electron chi connectivity index (χ1n) is 7.11. The largest absolute Gasteiger partial charge is 0.508 e. The van der Waals surface area contributed by atoms with Crippen molar-refractivity contribution >= 4 is 0 Å². The highest BCUT2D eigenvalue weighted by Crippen LogP contribution is 2.41. The first kappa shape index (κ1) is 14.8. The van der Waals surface area contributed by atoms with Crippen LogP contribution in [0.2, 0.25) is 0 Å². The SMILES string of the molecule is CC(C)(C)[C@@H](c1cc(C#N)ccc1O)N1CCNCC1. The molecule has 0 aliphatic carbocycles. The number of piperazine rings is 1. The molecule has 4 heteroatoms. The van der Waals surface area contributed by atoms with Crippen LogP contribution in [-0.2, 0) is 0 Å². The molecule has 0 unspecified atom stereocenters. The van der Waals surface area contributed by atoms with Crippen LogP contribution < -0.4 is 5.32 Å². The zero-order chi connectivity index (χ0) is 14.8. The molecule has 1 aliphatic heterocycles. The summed E-state index contributed by atoms with van der Waals surface area (Å²) in [4.78, 5) is 2.40. The van der Waals surface area contributed by atoms with Crippen molar-refractivity contribution in [2.75, 3.05) is 26.2 Å². The number of benzene rings is 1. The quantitative estimate of drug-likeness (QED) is 0.867. The Balaban J connectivity index is 2.43.